The zero-order chi connectivity index (χ0) is 18.0. The van der Waals surface area contributed by atoms with Crippen molar-refractivity contribution in [2.45, 2.75) is 32.1 Å². The van der Waals surface area contributed by atoms with Crippen molar-refractivity contribution in [3.63, 3.8) is 0 Å². The van der Waals surface area contributed by atoms with E-state index in [-0.39, 0.29) is 30.2 Å². The van der Waals surface area contributed by atoms with E-state index in [0.29, 0.717) is 34.7 Å². The van der Waals surface area contributed by atoms with Gasteiger partial charge in [-0.3, -0.25) is 4.79 Å². The first-order valence-electron chi connectivity index (χ1n) is 7.48. The number of nitrogens with two attached hydrogens (primary N) is 1. The number of rotatable bonds is 5. The molecule has 0 radical (unpaired) electrons. The highest BCUT2D eigenvalue weighted by Gasteiger charge is 2.31. The first kappa shape index (κ1) is 18.5. The highest BCUT2D eigenvalue weighted by molar-refractivity contribution is 7.93. The molecule has 9 heteroatoms. The smallest absolute Gasteiger partial charge is 0.223 e. The highest BCUT2D eigenvalue weighted by Crippen LogP contribution is 2.39. The molecule has 2 rings (SSSR count). The summed E-state index contributed by atoms with van der Waals surface area (Å²) in [5.41, 5.74) is 6.22. The first-order valence-corrected chi connectivity index (χ1v) is 8.26. The lowest BCUT2D eigenvalue weighted by molar-refractivity contribution is -0.957. The monoisotopic (exact) mass is 354 g/mol. The van der Waals surface area contributed by atoms with E-state index >= 15 is 0 Å². The van der Waals surface area contributed by atoms with Gasteiger partial charge in [-0.15, -0.1) is 0 Å². The van der Waals surface area contributed by atoms with Gasteiger partial charge >= 0.3 is 0 Å². The molecular weight excluding hydrogens is 332 g/mol. The summed E-state index contributed by atoms with van der Waals surface area (Å²) in [5.74, 6) is 0.218. The largest absolute Gasteiger partial charge is 0.558 e. The third-order valence-electron chi connectivity index (χ3n) is 3.10. The first-order chi connectivity index (χ1) is 11.1. The van der Waals surface area contributed by atoms with E-state index in [1.54, 1.807) is 18.2 Å². The summed E-state index contributed by atoms with van der Waals surface area (Å²) in [5, 5.41) is 27.3. The average molecular weight is 354 g/mol. The van der Waals surface area contributed by atoms with Gasteiger partial charge in [0.25, 0.3) is 0 Å². The SMILES string of the molecule is CC(C)(C)CNC(=O)CCOc1cccc2c1C(N)=N[N+]([O-])(O)S2. The van der Waals surface area contributed by atoms with Gasteiger partial charge in [0.15, 0.2) is 17.8 Å². The number of ether oxygens (including phenoxy) is 1. The van der Waals surface area contributed by atoms with E-state index in [9.17, 15) is 15.2 Å². The number of amidine groups is 1. The maximum Gasteiger partial charge on any atom is 0.223 e. The Balaban J connectivity index is 1.97. The van der Waals surface area contributed by atoms with Crippen LogP contribution in [-0.4, -0.2) is 34.4 Å². The van der Waals surface area contributed by atoms with Gasteiger partial charge in [0.2, 0.25) is 5.91 Å². The van der Waals surface area contributed by atoms with Crippen LogP contribution in [0.15, 0.2) is 28.2 Å². The van der Waals surface area contributed by atoms with Crippen molar-refractivity contribution in [3.05, 3.63) is 29.0 Å². The van der Waals surface area contributed by atoms with Gasteiger partial charge in [-0.1, -0.05) is 26.8 Å². The van der Waals surface area contributed by atoms with Gasteiger partial charge in [-0.25, -0.2) is 0 Å². The molecule has 0 aliphatic carbocycles. The number of quaternary nitrogens is 1. The molecule has 24 heavy (non-hydrogen) atoms. The van der Waals surface area contributed by atoms with Crippen molar-refractivity contribution in [1.82, 2.24) is 5.32 Å². The summed E-state index contributed by atoms with van der Waals surface area (Å²) in [4.78, 5) is 12.3. The van der Waals surface area contributed by atoms with Crippen LogP contribution < -0.4 is 15.8 Å². The molecule has 0 saturated heterocycles. The molecule has 1 aliphatic heterocycles. The van der Waals surface area contributed by atoms with Crippen LogP contribution in [0, 0.1) is 10.6 Å². The molecule has 0 aromatic heterocycles. The Morgan fingerprint density at radius 2 is 2.21 bits per heavy atom. The zero-order valence-corrected chi connectivity index (χ0v) is 14.7. The third-order valence-corrected chi connectivity index (χ3v) is 3.95. The summed E-state index contributed by atoms with van der Waals surface area (Å²) in [6.07, 6.45) is 0.200. The Morgan fingerprint density at radius 3 is 2.88 bits per heavy atom. The fourth-order valence-corrected chi connectivity index (χ4v) is 2.82. The lowest BCUT2D eigenvalue weighted by Gasteiger charge is -2.28. The Bertz CT molecular complexity index is 655. The molecule has 1 atom stereocenters. The van der Waals surface area contributed by atoms with Crippen molar-refractivity contribution < 1.29 is 19.1 Å². The topological polar surface area (TPSA) is 120 Å². The van der Waals surface area contributed by atoms with Gasteiger partial charge < -0.3 is 21.0 Å². The molecule has 1 unspecified atom stereocenters. The minimum absolute atomic E-state index is 0.0184. The van der Waals surface area contributed by atoms with E-state index in [2.05, 4.69) is 10.4 Å². The predicted molar refractivity (Wildman–Crippen MR) is 91.0 cm³/mol. The minimum atomic E-state index is -1.86. The van der Waals surface area contributed by atoms with E-state index in [1.807, 2.05) is 20.8 Å². The number of carbonyl (C=O) groups excluding carboxylic acids is 1. The number of nitrogens with zero attached hydrogens (tertiary/aromatic N) is 2. The Hall–Kier alpha value is -1.81. The third kappa shape index (κ3) is 5.10. The van der Waals surface area contributed by atoms with Gasteiger partial charge in [0.1, 0.15) is 5.75 Å². The number of fused-ring (bicyclic) bond motifs is 1. The number of amides is 1. The van der Waals surface area contributed by atoms with Crippen molar-refractivity contribution in [3.8, 4) is 5.75 Å². The molecule has 1 heterocycles. The predicted octanol–water partition coefficient (Wildman–Crippen LogP) is 1.96. The minimum Gasteiger partial charge on any atom is -0.558 e. The normalized spacial score (nSPS) is 20.1. The van der Waals surface area contributed by atoms with E-state index in [0.717, 1.165) is 0 Å². The van der Waals surface area contributed by atoms with Gasteiger partial charge in [-0.2, -0.15) is 5.21 Å². The Morgan fingerprint density at radius 1 is 1.50 bits per heavy atom. The summed E-state index contributed by atoms with van der Waals surface area (Å²) in [6.45, 7) is 6.87. The fourth-order valence-electron chi connectivity index (χ4n) is 2.00. The molecule has 132 valence electrons. The highest BCUT2D eigenvalue weighted by atomic mass is 32.2. The summed E-state index contributed by atoms with van der Waals surface area (Å²) in [7, 11) is 0. The lowest BCUT2D eigenvalue weighted by Crippen LogP contribution is -2.34. The van der Waals surface area contributed by atoms with E-state index in [1.165, 1.54) is 0 Å². The van der Waals surface area contributed by atoms with Crippen LogP contribution in [0.1, 0.15) is 32.8 Å². The van der Waals surface area contributed by atoms with Crippen molar-refractivity contribution in [2.24, 2.45) is 16.3 Å². The Kier molecular flexibility index (Phi) is 5.38. The van der Waals surface area contributed by atoms with Gasteiger partial charge in [0.05, 0.1) is 23.5 Å². The summed E-state index contributed by atoms with van der Waals surface area (Å²) >= 11 is 0.593. The molecule has 1 amide bonds. The second kappa shape index (κ2) is 6.98. The number of carbonyl (C=O) groups is 1. The van der Waals surface area contributed by atoms with E-state index in [4.69, 9.17) is 10.5 Å². The maximum absolute atomic E-state index is 11.8. The molecule has 0 saturated carbocycles. The number of hydrogen-bond acceptors (Lipinski definition) is 7. The molecule has 1 aromatic rings. The van der Waals surface area contributed by atoms with Crippen LogP contribution in [0.5, 0.6) is 5.75 Å². The van der Waals surface area contributed by atoms with Gasteiger partial charge in [0, 0.05) is 6.54 Å². The molecular formula is C15H22N4O4S. The second-order valence-corrected chi connectivity index (χ2v) is 7.73. The van der Waals surface area contributed by atoms with E-state index < -0.39 is 4.32 Å². The number of nitrogens with one attached hydrogen (secondary N) is 1. The van der Waals surface area contributed by atoms with Crippen LogP contribution in [0.4, 0.5) is 0 Å². The van der Waals surface area contributed by atoms with Crippen LogP contribution in [0.2, 0.25) is 0 Å². The van der Waals surface area contributed by atoms with Crippen LogP contribution in [-0.2, 0) is 4.79 Å². The quantitative estimate of drug-likeness (QED) is 0.422. The molecule has 0 bridgehead atoms. The fraction of sp³-hybridized carbons (Fsp3) is 0.467. The van der Waals surface area contributed by atoms with Gasteiger partial charge in [-0.05, 0) is 27.0 Å². The summed E-state index contributed by atoms with van der Waals surface area (Å²) < 4.78 is 3.76. The summed E-state index contributed by atoms with van der Waals surface area (Å²) in [6, 6.07) is 5.00. The van der Waals surface area contributed by atoms with Crippen LogP contribution >= 0.6 is 11.9 Å². The van der Waals surface area contributed by atoms with Crippen molar-refractivity contribution >= 4 is 23.7 Å². The Labute approximate surface area is 144 Å². The molecule has 1 aliphatic rings. The maximum atomic E-state index is 11.8. The average Bonchev–Trinajstić information content (AvgIpc) is 2.42. The standard InChI is InChI=1S/C15H22N4O4S/c1-15(2,3)9-17-12(20)7-8-23-10-5-4-6-11-13(10)14(16)18-19(21,22)24-11/h4-6,21H,7-9H2,1-3H3,(H2,16,18)(H,17,20). The molecule has 0 spiro atoms. The molecule has 0 fully saturated rings. The number of hydrogen-bond donors (Lipinski definition) is 3. The second-order valence-electron chi connectivity index (χ2n) is 6.63. The molecule has 4 N–H and O–H groups in total. The van der Waals surface area contributed by atoms with Crippen molar-refractivity contribution in [1.29, 1.82) is 0 Å². The number of benzene rings is 1. The zero-order valence-electron chi connectivity index (χ0n) is 13.9. The van der Waals surface area contributed by atoms with Crippen molar-refractivity contribution in [2.75, 3.05) is 13.2 Å². The molecule has 8 nitrogen and oxygen atoms in total. The molecule has 1 aromatic carbocycles. The lowest BCUT2D eigenvalue weighted by atomic mass is 9.97. The van der Waals surface area contributed by atoms with Crippen LogP contribution in [0.25, 0.3) is 0 Å². The van der Waals surface area contributed by atoms with Crippen LogP contribution in [0.3, 0.4) is 0 Å².